The van der Waals surface area contributed by atoms with Crippen LogP contribution in [0.1, 0.15) is 5.56 Å². The molecule has 7 heteroatoms. The smallest absolute Gasteiger partial charge is 0.311 e. The van der Waals surface area contributed by atoms with Gasteiger partial charge in [-0.2, -0.15) is 4.98 Å². The predicted octanol–water partition coefficient (Wildman–Crippen LogP) is 2.32. The lowest BCUT2D eigenvalue weighted by molar-refractivity contribution is -0.384. The summed E-state index contributed by atoms with van der Waals surface area (Å²) in [5.74, 6) is 0.602. The quantitative estimate of drug-likeness (QED) is 0.642. The normalized spacial score (nSPS) is 10.1. The zero-order chi connectivity index (χ0) is 14.5. The number of aromatic hydroxyl groups is 1. The molecule has 0 aliphatic rings. The van der Waals surface area contributed by atoms with Crippen LogP contribution >= 0.6 is 0 Å². The summed E-state index contributed by atoms with van der Waals surface area (Å²) in [6, 6.07) is 9.30. The van der Waals surface area contributed by atoms with Gasteiger partial charge in [-0.15, -0.1) is 0 Å². The van der Waals surface area contributed by atoms with Crippen LogP contribution in [0.3, 0.4) is 0 Å². The Labute approximate surface area is 115 Å². The number of nitro groups is 1. The number of anilines is 1. The Balaban J connectivity index is 2.18. The molecule has 0 bridgehead atoms. The summed E-state index contributed by atoms with van der Waals surface area (Å²) in [5, 5.41) is 23.0. The molecule has 104 valence electrons. The van der Waals surface area contributed by atoms with Gasteiger partial charge in [0.05, 0.1) is 12.0 Å². The number of hydrogen-bond acceptors (Lipinski definition) is 6. The fraction of sp³-hybridized carbons (Fsp3) is 0.154. The lowest BCUT2D eigenvalue weighted by Crippen LogP contribution is -2.05. The molecular weight excluding hydrogens is 262 g/mol. The van der Waals surface area contributed by atoms with E-state index in [2.05, 4.69) is 10.3 Å². The molecule has 2 N–H and O–H groups in total. The first-order valence-electron chi connectivity index (χ1n) is 5.81. The Hall–Kier alpha value is -2.83. The van der Waals surface area contributed by atoms with E-state index in [9.17, 15) is 15.2 Å². The second-order valence-corrected chi connectivity index (χ2v) is 4.00. The van der Waals surface area contributed by atoms with Crippen LogP contribution in [0.15, 0.2) is 36.4 Å². The molecule has 1 aromatic heterocycles. The average molecular weight is 275 g/mol. The van der Waals surface area contributed by atoms with Gasteiger partial charge in [0.1, 0.15) is 5.75 Å². The Morgan fingerprint density at radius 1 is 1.30 bits per heavy atom. The van der Waals surface area contributed by atoms with Crippen molar-refractivity contribution in [2.45, 2.75) is 6.54 Å². The third-order valence-corrected chi connectivity index (χ3v) is 2.65. The van der Waals surface area contributed by atoms with Gasteiger partial charge < -0.3 is 15.2 Å². The summed E-state index contributed by atoms with van der Waals surface area (Å²) in [4.78, 5) is 14.4. The van der Waals surface area contributed by atoms with Crippen LogP contribution in [-0.4, -0.2) is 22.1 Å². The fourth-order valence-electron chi connectivity index (χ4n) is 1.62. The standard InChI is InChI=1S/C13H13N3O4/c1-20-12-7-6-11(16(18)19)13(15-12)14-8-9-2-4-10(17)5-3-9/h2-7,17H,8H2,1H3,(H,14,15). The Bertz CT molecular complexity index is 614. The van der Waals surface area contributed by atoms with Crippen molar-refractivity contribution in [3.63, 3.8) is 0 Å². The molecule has 0 unspecified atom stereocenters. The maximum atomic E-state index is 10.9. The molecule has 1 aromatic carbocycles. The molecule has 0 saturated carbocycles. The number of phenols is 1. The molecule has 20 heavy (non-hydrogen) atoms. The summed E-state index contributed by atoms with van der Waals surface area (Å²) in [7, 11) is 1.44. The van der Waals surface area contributed by atoms with Crippen LogP contribution in [0, 0.1) is 10.1 Å². The van der Waals surface area contributed by atoms with Crippen molar-refractivity contribution in [1.82, 2.24) is 4.98 Å². The van der Waals surface area contributed by atoms with Gasteiger partial charge in [-0.05, 0) is 17.7 Å². The number of nitrogens with one attached hydrogen (secondary N) is 1. The molecule has 0 aliphatic carbocycles. The molecule has 7 nitrogen and oxygen atoms in total. The highest BCUT2D eigenvalue weighted by Gasteiger charge is 2.16. The zero-order valence-electron chi connectivity index (χ0n) is 10.7. The summed E-state index contributed by atoms with van der Waals surface area (Å²) in [6.07, 6.45) is 0. The molecule has 0 amide bonds. The van der Waals surface area contributed by atoms with E-state index in [4.69, 9.17) is 4.74 Å². The summed E-state index contributed by atoms with van der Waals surface area (Å²) in [6.45, 7) is 0.348. The highest BCUT2D eigenvalue weighted by Crippen LogP contribution is 2.25. The molecule has 2 rings (SSSR count). The molecule has 1 heterocycles. The van der Waals surface area contributed by atoms with Gasteiger partial charge in [0.15, 0.2) is 0 Å². The van der Waals surface area contributed by atoms with Crippen LogP contribution in [0.25, 0.3) is 0 Å². The van der Waals surface area contributed by atoms with E-state index < -0.39 is 4.92 Å². The van der Waals surface area contributed by atoms with Gasteiger partial charge in [-0.1, -0.05) is 12.1 Å². The van der Waals surface area contributed by atoms with E-state index in [0.29, 0.717) is 12.4 Å². The Kier molecular flexibility index (Phi) is 3.99. The van der Waals surface area contributed by atoms with Gasteiger partial charge in [0.25, 0.3) is 0 Å². The molecule has 2 aromatic rings. The molecule has 0 aliphatic heterocycles. The van der Waals surface area contributed by atoms with Crippen molar-refractivity contribution in [2.24, 2.45) is 0 Å². The number of benzene rings is 1. The van der Waals surface area contributed by atoms with Crippen molar-refractivity contribution < 1.29 is 14.8 Å². The number of ether oxygens (including phenoxy) is 1. The molecule has 0 atom stereocenters. The van der Waals surface area contributed by atoms with Crippen molar-refractivity contribution in [2.75, 3.05) is 12.4 Å². The van der Waals surface area contributed by atoms with Crippen LogP contribution < -0.4 is 10.1 Å². The number of pyridine rings is 1. The van der Waals surface area contributed by atoms with Crippen molar-refractivity contribution in [3.8, 4) is 11.6 Å². The predicted molar refractivity (Wildman–Crippen MR) is 72.9 cm³/mol. The second-order valence-electron chi connectivity index (χ2n) is 4.00. The highest BCUT2D eigenvalue weighted by atomic mass is 16.6. The third kappa shape index (κ3) is 3.14. The lowest BCUT2D eigenvalue weighted by Gasteiger charge is -2.08. The van der Waals surface area contributed by atoms with Crippen LogP contribution in [0.5, 0.6) is 11.6 Å². The number of hydrogen-bond donors (Lipinski definition) is 2. The number of nitrogens with zero attached hydrogens (tertiary/aromatic N) is 2. The maximum absolute atomic E-state index is 10.9. The van der Waals surface area contributed by atoms with E-state index in [1.807, 2.05) is 0 Å². The molecule has 0 fully saturated rings. The van der Waals surface area contributed by atoms with Crippen molar-refractivity contribution >= 4 is 11.5 Å². The van der Waals surface area contributed by atoms with E-state index in [-0.39, 0.29) is 17.3 Å². The van der Waals surface area contributed by atoms with E-state index in [0.717, 1.165) is 5.56 Å². The highest BCUT2D eigenvalue weighted by molar-refractivity contribution is 5.57. The third-order valence-electron chi connectivity index (χ3n) is 2.65. The van der Waals surface area contributed by atoms with Gasteiger partial charge >= 0.3 is 5.69 Å². The van der Waals surface area contributed by atoms with Crippen LogP contribution in [0.2, 0.25) is 0 Å². The molecule has 0 spiro atoms. The van der Waals surface area contributed by atoms with Gasteiger partial charge in [0.2, 0.25) is 11.7 Å². The zero-order valence-corrected chi connectivity index (χ0v) is 10.7. The first-order chi connectivity index (χ1) is 9.60. The second kappa shape index (κ2) is 5.87. The minimum atomic E-state index is -0.508. The SMILES string of the molecule is COc1ccc([N+](=O)[O-])c(NCc2ccc(O)cc2)n1. The van der Waals surface area contributed by atoms with Gasteiger partial charge in [-0.3, -0.25) is 10.1 Å². The number of rotatable bonds is 5. The van der Waals surface area contributed by atoms with Crippen molar-refractivity contribution in [3.05, 3.63) is 52.1 Å². The minimum absolute atomic E-state index is 0.121. The molecule has 0 saturated heterocycles. The van der Waals surface area contributed by atoms with Crippen LogP contribution in [-0.2, 0) is 6.54 Å². The maximum Gasteiger partial charge on any atom is 0.311 e. The fourth-order valence-corrected chi connectivity index (χ4v) is 1.62. The van der Waals surface area contributed by atoms with Crippen LogP contribution in [0.4, 0.5) is 11.5 Å². The molecule has 0 radical (unpaired) electrons. The molecular formula is C13H13N3O4. The largest absolute Gasteiger partial charge is 0.508 e. The Morgan fingerprint density at radius 2 is 2.00 bits per heavy atom. The van der Waals surface area contributed by atoms with Gasteiger partial charge in [-0.25, -0.2) is 0 Å². The first-order valence-corrected chi connectivity index (χ1v) is 5.81. The summed E-state index contributed by atoms with van der Waals surface area (Å²) < 4.78 is 4.95. The number of aromatic nitrogens is 1. The monoisotopic (exact) mass is 275 g/mol. The van der Waals surface area contributed by atoms with E-state index in [1.165, 1.54) is 19.2 Å². The first kappa shape index (κ1) is 13.6. The lowest BCUT2D eigenvalue weighted by atomic mass is 10.2. The average Bonchev–Trinajstić information content (AvgIpc) is 2.46. The minimum Gasteiger partial charge on any atom is -0.508 e. The Morgan fingerprint density at radius 3 is 2.60 bits per heavy atom. The topological polar surface area (TPSA) is 97.5 Å². The van der Waals surface area contributed by atoms with E-state index in [1.54, 1.807) is 24.3 Å². The van der Waals surface area contributed by atoms with Crippen molar-refractivity contribution in [1.29, 1.82) is 0 Å². The van der Waals surface area contributed by atoms with Gasteiger partial charge in [0, 0.05) is 18.7 Å². The van der Waals surface area contributed by atoms with E-state index >= 15 is 0 Å². The summed E-state index contributed by atoms with van der Waals surface area (Å²) >= 11 is 0. The number of methoxy groups -OCH3 is 1. The number of phenolic OH excluding ortho intramolecular Hbond substituents is 1. The summed E-state index contributed by atoms with van der Waals surface area (Å²) in [5.41, 5.74) is 0.742.